The summed E-state index contributed by atoms with van der Waals surface area (Å²) in [6, 6.07) is 0. The largest absolute Gasteiger partial charge is 0.429 e. The number of hydrogen-bond acceptors (Lipinski definition) is 6. The van der Waals surface area contributed by atoms with Crippen LogP contribution in [-0.2, 0) is 23.7 Å². The van der Waals surface area contributed by atoms with Gasteiger partial charge in [0.25, 0.3) is 6.48 Å². The molecule has 0 aromatic rings. The molecule has 1 aliphatic heterocycles. The Hall–Kier alpha value is -0.950. The zero-order valence-corrected chi connectivity index (χ0v) is 9.34. The van der Waals surface area contributed by atoms with Crippen LogP contribution < -0.4 is 0 Å². The van der Waals surface area contributed by atoms with Crippen LogP contribution in [0.1, 0.15) is 13.8 Å². The first-order valence-corrected chi connectivity index (χ1v) is 5.11. The van der Waals surface area contributed by atoms with Crippen LogP contribution in [0.3, 0.4) is 0 Å². The fourth-order valence-corrected chi connectivity index (χ4v) is 1.14. The van der Waals surface area contributed by atoms with E-state index in [1.54, 1.807) is 0 Å². The van der Waals surface area contributed by atoms with Crippen molar-refractivity contribution < 1.29 is 28.8 Å². The van der Waals surface area contributed by atoms with Gasteiger partial charge >= 0.3 is 5.97 Å². The normalized spacial score (nSPS) is 20.1. The Morgan fingerprint density at radius 1 is 1.38 bits per heavy atom. The molecule has 1 N–H and O–H groups in total. The molecule has 1 aliphatic rings. The van der Waals surface area contributed by atoms with Crippen LogP contribution >= 0.6 is 0 Å². The van der Waals surface area contributed by atoms with E-state index in [1.807, 2.05) is 13.8 Å². The number of carbonyl (C=O) groups excluding carboxylic acids is 1. The molecule has 6 heteroatoms. The summed E-state index contributed by atoms with van der Waals surface area (Å²) in [5, 5.41) is 9.26. The quantitative estimate of drug-likeness (QED) is 0.498. The summed E-state index contributed by atoms with van der Waals surface area (Å²) in [7, 11) is 0. The highest BCUT2D eigenvalue weighted by atomic mass is 16.8. The van der Waals surface area contributed by atoms with Gasteiger partial charge in [-0.25, -0.2) is 4.79 Å². The zero-order valence-electron chi connectivity index (χ0n) is 9.34. The maximum Gasteiger partial charge on any atom is 0.333 e. The number of carbonyl (C=O) groups is 1. The molecule has 0 saturated heterocycles. The van der Waals surface area contributed by atoms with Gasteiger partial charge in [0, 0.05) is 24.9 Å². The van der Waals surface area contributed by atoms with Gasteiger partial charge in [-0.3, -0.25) is 0 Å². The predicted octanol–water partition coefficient (Wildman–Crippen LogP) is 0.161. The number of aliphatic hydroxyl groups excluding tert-OH is 1. The Morgan fingerprint density at radius 2 is 2.00 bits per heavy atom. The van der Waals surface area contributed by atoms with Crippen molar-refractivity contribution in [1.82, 2.24) is 0 Å². The lowest BCUT2D eigenvalue weighted by molar-refractivity contribution is -0.282. The number of ether oxygens (including phenoxy) is 4. The Labute approximate surface area is 93.7 Å². The zero-order chi connectivity index (χ0) is 12.0. The predicted molar refractivity (Wildman–Crippen MR) is 53.2 cm³/mol. The first-order chi connectivity index (χ1) is 7.67. The lowest BCUT2D eigenvalue weighted by atomic mass is 10.3. The minimum absolute atomic E-state index is 0.0254. The van der Waals surface area contributed by atoms with Crippen LogP contribution in [0.2, 0.25) is 0 Å². The molecule has 1 heterocycles. The number of aliphatic hydroxyl groups is 1. The summed E-state index contributed by atoms with van der Waals surface area (Å²) >= 11 is 0. The minimum Gasteiger partial charge on any atom is -0.429 e. The highest BCUT2D eigenvalue weighted by Crippen LogP contribution is 2.14. The summed E-state index contributed by atoms with van der Waals surface area (Å²) in [5.74, 6) is -0.574. The molecule has 0 bridgehead atoms. The van der Waals surface area contributed by atoms with E-state index in [4.69, 9.17) is 14.2 Å². The molecule has 0 fully saturated rings. The Kier molecular flexibility index (Phi) is 5.41. The van der Waals surface area contributed by atoms with E-state index in [1.165, 1.54) is 6.08 Å². The SMILES string of the molecule is CCOC(OCC)OCC1=CC(=O)OC1O. The van der Waals surface area contributed by atoms with E-state index < -0.39 is 18.7 Å². The smallest absolute Gasteiger partial charge is 0.333 e. The second kappa shape index (κ2) is 6.59. The first-order valence-electron chi connectivity index (χ1n) is 5.11. The van der Waals surface area contributed by atoms with Gasteiger partial charge in [0.2, 0.25) is 6.29 Å². The number of rotatable bonds is 7. The number of hydrogen-bond donors (Lipinski definition) is 1. The molecular formula is C10H16O6. The first kappa shape index (κ1) is 13.1. The molecule has 0 spiro atoms. The van der Waals surface area contributed by atoms with E-state index in [-0.39, 0.29) is 6.61 Å². The molecule has 0 saturated carbocycles. The van der Waals surface area contributed by atoms with Crippen LogP contribution in [0.15, 0.2) is 11.6 Å². The van der Waals surface area contributed by atoms with Crippen molar-refractivity contribution in [3.05, 3.63) is 11.6 Å². The molecule has 0 aromatic carbocycles. The number of esters is 1. The Morgan fingerprint density at radius 3 is 2.44 bits per heavy atom. The van der Waals surface area contributed by atoms with Crippen LogP contribution in [0, 0.1) is 0 Å². The summed E-state index contributed by atoms with van der Waals surface area (Å²) in [4.78, 5) is 10.8. The average Bonchev–Trinajstić information content (AvgIpc) is 2.54. The molecule has 0 aromatic heterocycles. The molecule has 0 aliphatic carbocycles. The van der Waals surface area contributed by atoms with Crippen molar-refractivity contribution in [2.24, 2.45) is 0 Å². The highest BCUT2D eigenvalue weighted by molar-refractivity contribution is 5.85. The molecular weight excluding hydrogens is 216 g/mol. The van der Waals surface area contributed by atoms with Gasteiger partial charge in [-0.2, -0.15) is 0 Å². The molecule has 1 atom stereocenters. The summed E-state index contributed by atoms with van der Waals surface area (Å²) in [6.07, 6.45) is -0.0315. The summed E-state index contributed by atoms with van der Waals surface area (Å²) in [5.41, 5.74) is 0.356. The van der Waals surface area contributed by atoms with Gasteiger partial charge < -0.3 is 24.1 Å². The summed E-state index contributed by atoms with van der Waals surface area (Å²) in [6.45, 7) is 3.75. The van der Waals surface area contributed by atoms with Crippen molar-refractivity contribution in [1.29, 1.82) is 0 Å². The van der Waals surface area contributed by atoms with Crippen molar-refractivity contribution in [2.75, 3.05) is 19.8 Å². The fraction of sp³-hybridized carbons (Fsp3) is 0.700. The van der Waals surface area contributed by atoms with E-state index in [2.05, 4.69) is 4.74 Å². The third-order valence-electron chi connectivity index (χ3n) is 1.84. The molecule has 0 radical (unpaired) electrons. The molecule has 0 amide bonds. The van der Waals surface area contributed by atoms with Gasteiger partial charge in [0.15, 0.2) is 0 Å². The van der Waals surface area contributed by atoms with Gasteiger partial charge in [0.1, 0.15) is 0 Å². The maximum atomic E-state index is 10.8. The van der Waals surface area contributed by atoms with Crippen LogP contribution in [0.4, 0.5) is 0 Å². The van der Waals surface area contributed by atoms with E-state index >= 15 is 0 Å². The van der Waals surface area contributed by atoms with Crippen LogP contribution in [-0.4, -0.2) is 43.7 Å². The molecule has 16 heavy (non-hydrogen) atoms. The topological polar surface area (TPSA) is 74.2 Å². The van der Waals surface area contributed by atoms with Crippen molar-refractivity contribution in [3.63, 3.8) is 0 Å². The fourth-order valence-electron chi connectivity index (χ4n) is 1.14. The number of cyclic esters (lactones) is 1. The van der Waals surface area contributed by atoms with Gasteiger partial charge in [0.05, 0.1) is 6.61 Å². The molecule has 1 rings (SSSR count). The van der Waals surface area contributed by atoms with Gasteiger partial charge in [-0.1, -0.05) is 0 Å². The molecule has 1 unspecified atom stereocenters. The monoisotopic (exact) mass is 232 g/mol. The van der Waals surface area contributed by atoms with Crippen molar-refractivity contribution in [3.8, 4) is 0 Å². The Bertz CT molecular complexity index is 256. The Balaban J connectivity index is 2.36. The third kappa shape index (κ3) is 3.90. The molecule has 6 nitrogen and oxygen atoms in total. The standard InChI is InChI=1S/C10H16O6/c1-3-13-10(14-4-2)15-6-7-5-8(11)16-9(7)12/h5,9-10,12H,3-4,6H2,1-2H3. The lowest BCUT2D eigenvalue weighted by Crippen LogP contribution is -2.24. The lowest BCUT2D eigenvalue weighted by Gasteiger charge is -2.17. The van der Waals surface area contributed by atoms with Crippen molar-refractivity contribution in [2.45, 2.75) is 26.6 Å². The van der Waals surface area contributed by atoms with Crippen LogP contribution in [0.5, 0.6) is 0 Å². The van der Waals surface area contributed by atoms with Gasteiger partial charge in [-0.05, 0) is 13.8 Å². The maximum absolute atomic E-state index is 10.8. The van der Waals surface area contributed by atoms with E-state index in [0.29, 0.717) is 18.8 Å². The van der Waals surface area contributed by atoms with Crippen LogP contribution in [0.25, 0.3) is 0 Å². The van der Waals surface area contributed by atoms with Gasteiger partial charge in [-0.15, -0.1) is 0 Å². The average molecular weight is 232 g/mol. The summed E-state index contributed by atoms with van der Waals surface area (Å²) < 4.78 is 20.0. The second-order valence-corrected chi connectivity index (χ2v) is 3.02. The third-order valence-corrected chi connectivity index (χ3v) is 1.84. The van der Waals surface area contributed by atoms with Crippen molar-refractivity contribution >= 4 is 5.97 Å². The highest BCUT2D eigenvalue weighted by Gasteiger charge is 2.24. The minimum atomic E-state index is -1.23. The second-order valence-electron chi connectivity index (χ2n) is 3.02. The van der Waals surface area contributed by atoms with E-state index in [9.17, 15) is 9.90 Å². The van der Waals surface area contributed by atoms with E-state index in [0.717, 1.165) is 0 Å². The molecule has 92 valence electrons.